The third-order valence-electron chi connectivity index (χ3n) is 8.39. The topological polar surface area (TPSA) is 23.8 Å². The number of benzene rings is 1. The zero-order valence-electron chi connectivity index (χ0n) is 19.8. The summed E-state index contributed by atoms with van der Waals surface area (Å²) >= 11 is 0. The van der Waals surface area contributed by atoms with Crippen LogP contribution in [0.2, 0.25) is 0 Å². The van der Waals surface area contributed by atoms with Gasteiger partial charge in [-0.05, 0) is 73.8 Å². The van der Waals surface area contributed by atoms with Crippen LogP contribution in [0.3, 0.4) is 0 Å². The van der Waals surface area contributed by atoms with E-state index in [9.17, 15) is 5.26 Å². The lowest BCUT2D eigenvalue weighted by molar-refractivity contribution is 0.223. The SMILES string of the molecule is CCCCCC1(C#N)CCC(c2ccc(CC[C@H]3CC[C@H](CCC)CC3)cc2)CC1. The van der Waals surface area contributed by atoms with Crippen molar-refractivity contribution >= 4 is 0 Å². The number of unbranched alkanes of at least 4 members (excludes halogenated alkanes) is 2. The number of nitriles is 1. The molecule has 0 unspecified atom stereocenters. The Bertz CT molecular complexity index is 636. The smallest absolute Gasteiger partial charge is 0.0689 e. The first kappa shape index (κ1) is 23.4. The molecule has 0 radical (unpaired) electrons. The van der Waals surface area contributed by atoms with Crippen LogP contribution in [-0.2, 0) is 6.42 Å². The zero-order chi connectivity index (χ0) is 21.2. The van der Waals surface area contributed by atoms with Crippen LogP contribution < -0.4 is 0 Å². The maximum atomic E-state index is 9.79. The molecule has 0 spiro atoms. The number of hydrogen-bond acceptors (Lipinski definition) is 1. The van der Waals surface area contributed by atoms with Crippen LogP contribution in [0.25, 0.3) is 0 Å². The fraction of sp³-hybridized carbons (Fsp3) is 0.759. The van der Waals surface area contributed by atoms with E-state index in [-0.39, 0.29) is 5.41 Å². The van der Waals surface area contributed by atoms with E-state index in [2.05, 4.69) is 44.2 Å². The molecule has 0 N–H and O–H groups in total. The summed E-state index contributed by atoms with van der Waals surface area (Å²) < 4.78 is 0. The van der Waals surface area contributed by atoms with E-state index >= 15 is 0 Å². The van der Waals surface area contributed by atoms with E-state index in [4.69, 9.17) is 0 Å². The quantitative estimate of drug-likeness (QED) is 0.355. The van der Waals surface area contributed by atoms with E-state index < -0.39 is 0 Å². The summed E-state index contributed by atoms with van der Waals surface area (Å²) in [6.45, 7) is 4.58. The first-order valence-electron chi connectivity index (χ1n) is 13.2. The lowest BCUT2D eigenvalue weighted by Crippen LogP contribution is -2.25. The molecule has 1 heteroatoms. The second kappa shape index (κ2) is 11.9. The van der Waals surface area contributed by atoms with Gasteiger partial charge in [0.15, 0.2) is 0 Å². The van der Waals surface area contributed by atoms with Gasteiger partial charge in [-0.2, -0.15) is 5.26 Å². The van der Waals surface area contributed by atoms with E-state index in [0.717, 1.165) is 31.1 Å². The summed E-state index contributed by atoms with van der Waals surface area (Å²) in [6, 6.07) is 12.3. The Morgan fingerprint density at radius 1 is 0.833 bits per heavy atom. The van der Waals surface area contributed by atoms with Crippen molar-refractivity contribution in [2.24, 2.45) is 17.3 Å². The maximum absolute atomic E-state index is 9.79. The van der Waals surface area contributed by atoms with Crippen molar-refractivity contribution in [2.45, 2.75) is 122 Å². The summed E-state index contributed by atoms with van der Waals surface area (Å²) in [5.41, 5.74) is 3.01. The van der Waals surface area contributed by atoms with Gasteiger partial charge in [0.25, 0.3) is 0 Å². The van der Waals surface area contributed by atoms with Crippen LogP contribution >= 0.6 is 0 Å². The van der Waals surface area contributed by atoms with Crippen molar-refractivity contribution in [1.82, 2.24) is 0 Å². The van der Waals surface area contributed by atoms with E-state index in [1.165, 1.54) is 94.6 Å². The van der Waals surface area contributed by atoms with Crippen LogP contribution in [0, 0.1) is 28.6 Å². The van der Waals surface area contributed by atoms with Crippen LogP contribution in [0.15, 0.2) is 24.3 Å². The highest BCUT2D eigenvalue weighted by atomic mass is 14.4. The van der Waals surface area contributed by atoms with E-state index in [1.807, 2.05) is 0 Å². The summed E-state index contributed by atoms with van der Waals surface area (Å²) in [5.74, 6) is 2.65. The largest absolute Gasteiger partial charge is 0.198 e. The molecule has 1 aromatic carbocycles. The fourth-order valence-electron chi connectivity index (χ4n) is 6.18. The molecule has 0 aliphatic heterocycles. The lowest BCUT2D eigenvalue weighted by Gasteiger charge is -2.35. The normalized spacial score (nSPS) is 29.4. The highest BCUT2D eigenvalue weighted by molar-refractivity contribution is 5.26. The fourth-order valence-corrected chi connectivity index (χ4v) is 6.18. The monoisotopic (exact) mass is 407 g/mol. The van der Waals surface area contributed by atoms with Crippen LogP contribution in [-0.4, -0.2) is 0 Å². The Hall–Kier alpha value is -1.29. The average Bonchev–Trinajstić information content (AvgIpc) is 2.80. The minimum atomic E-state index is -0.0260. The van der Waals surface area contributed by atoms with Gasteiger partial charge in [0.05, 0.1) is 11.5 Å². The maximum Gasteiger partial charge on any atom is 0.0689 e. The van der Waals surface area contributed by atoms with Gasteiger partial charge < -0.3 is 0 Å². The molecule has 2 fully saturated rings. The molecular formula is C29H45N. The van der Waals surface area contributed by atoms with Gasteiger partial charge in [-0.3, -0.25) is 0 Å². The van der Waals surface area contributed by atoms with Gasteiger partial charge in [0.2, 0.25) is 0 Å². The molecule has 1 nitrogen and oxygen atoms in total. The second-order valence-corrected chi connectivity index (χ2v) is 10.6. The summed E-state index contributed by atoms with van der Waals surface area (Å²) in [6.07, 6.45) is 20.8. The molecule has 1 aromatic rings. The molecule has 166 valence electrons. The highest BCUT2D eigenvalue weighted by Crippen LogP contribution is 2.45. The first-order chi connectivity index (χ1) is 14.7. The minimum absolute atomic E-state index is 0.0260. The van der Waals surface area contributed by atoms with Gasteiger partial charge >= 0.3 is 0 Å². The molecule has 30 heavy (non-hydrogen) atoms. The molecule has 2 saturated carbocycles. The van der Waals surface area contributed by atoms with Crippen molar-refractivity contribution in [3.05, 3.63) is 35.4 Å². The second-order valence-electron chi connectivity index (χ2n) is 10.6. The molecule has 2 aliphatic rings. The summed E-state index contributed by atoms with van der Waals surface area (Å²) in [5, 5.41) is 9.79. The third kappa shape index (κ3) is 6.60. The molecule has 0 bridgehead atoms. The van der Waals surface area contributed by atoms with Crippen LogP contribution in [0.1, 0.15) is 127 Å². The van der Waals surface area contributed by atoms with Crippen molar-refractivity contribution in [1.29, 1.82) is 5.26 Å². The Morgan fingerprint density at radius 3 is 2.03 bits per heavy atom. The molecule has 0 atom stereocenters. The molecule has 0 amide bonds. The van der Waals surface area contributed by atoms with E-state index in [0.29, 0.717) is 5.92 Å². The molecule has 0 aromatic heterocycles. The van der Waals surface area contributed by atoms with Crippen LogP contribution in [0.5, 0.6) is 0 Å². The van der Waals surface area contributed by atoms with Gasteiger partial charge in [-0.25, -0.2) is 0 Å². The molecule has 3 rings (SSSR count). The predicted octanol–water partition coefficient (Wildman–Crippen LogP) is 8.97. The predicted molar refractivity (Wildman–Crippen MR) is 129 cm³/mol. The van der Waals surface area contributed by atoms with E-state index in [1.54, 1.807) is 0 Å². The Morgan fingerprint density at radius 2 is 1.47 bits per heavy atom. The van der Waals surface area contributed by atoms with Crippen LogP contribution in [0.4, 0.5) is 0 Å². The zero-order valence-corrected chi connectivity index (χ0v) is 19.8. The molecular weight excluding hydrogens is 362 g/mol. The van der Waals surface area contributed by atoms with Crippen molar-refractivity contribution in [2.75, 3.05) is 0 Å². The number of aryl methyl sites for hydroxylation is 1. The van der Waals surface area contributed by atoms with Gasteiger partial charge in [0, 0.05) is 0 Å². The molecule has 2 aliphatic carbocycles. The summed E-state index contributed by atoms with van der Waals surface area (Å²) in [4.78, 5) is 0. The molecule has 0 saturated heterocycles. The third-order valence-corrected chi connectivity index (χ3v) is 8.39. The van der Waals surface area contributed by atoms with Gasteiger partial charge in [-0.15, -0.1) is 0 Å². The minimum Gasteiger partial charge on any atom is -0.198 e. The first-order valence-corrected chi connectivity index (χ1v) is 13.2. The number of hydrogen-bond donors (Lipinski definition) is 0. The standard InChI is InChI=1S/C29H45N/c1-3-5-6-20-29(23-30)21-18-28(19-22-29)27-16-14-26(15-17-27)13-12-25-10-8-24(7-4-2)9-11-25/h14-17,24-25,28H,3-13,18-22H2,1-2H3/t24-,25-,28?,29?. The summed E-state index contributed by atoms with van der Waals surface area (Å²) in [7, 11) is 0. The van der Waals surface area contributed by atoms with Crippen molar-refractivity contribution in [3.8, 4) is 6.07 Å². The Balaban J connectivity index is 1.42. The van der Waals surface area contributed by atoms with Gasteiger partial charge in [-0.1, -0.05) is 95.9 Å². The van der Waals surface area contributed by atoms with Crippen molar-refractivity contribution in [3.63, 3.8) is 0 Å². The Labute approximate surface area is 186 Å². The van der Waals surface area contributed by atoms with Crippen molar-refractivity contribution < 1.29 is 0 Å². The molecule has 0 heterocycles. The lowest BCUT2D eigenvalue weighted by atomic mass is 9.67. The number of rotatable bonds is 10. The Kier molecular flexibility index (Phi) is 9.29. The number of nitrogens with zero attached hydrogens (tertiary/aromatic N) is 1. The van der Waals surface area contributed by atoms with Gasteiger partial charge in [0.1, 0.15) is 0 Å². The highest BCUT2D eigenvalue weighted by Gasteiger charge is 2.35. The average molecular weight is 408 g/mol.